The van der Waals surface area contributed by atoms with Crippen LogP contribution in [0.5, 0.6) is 0 Å². The van der Waals surface area contributed by atoms with Gasteiger partial charge in [0.1, 0.15) is 5.25 Å². The highest BCUT2D eigenvalue weighted by molar-refractivity contribution is 7.99. The Morgan fingerprint density at radius 3 is 2.14 bits per heavy atom. The first-order chi connectivity index (χ1) is 10.3. The molecule has 0 aromatic heterocycles. The Bertz CT molecular complexity index is 540. The van der Waals surface area contributed by atoms with Crippen molar-refractivity contribution < 1.29 is 9.53 Å². The van der Waals surface area contributed by atoms with Crippen LogP contribution in [-0.2, 0) is 21.7 Å². The zero-order chi connectivity index (χ0) is 14.9. The van der Waals surface area contributed by atoms with Crippen molar-refractivity contribution in [1.82, 2.24) is 0 Å². The molecule has 2 aromatic rings. The lowest BCUT2D eigenvalue weighted by molar-refractivity contribution is -0.142. The molecule has 1 unspecified atom stereocenters. The second-order valence-corrected chi connectivity index (χ2v) is 5.92. The van der Waals surface area contributed by atoms with E-state index in [2.05, 4.69) is 24.3 Å². The summed E-state index contributed by atoms with van der Waals surface area (Å²) in [6, 6.07) is 20.3. The van der Waals surface area contributed by atoms with Crippen LogP contribution < -0.4 is 0 Å². The summed E-state index contributed by atoms with van der Waals surface area (Å²) in [7, 11) is 0. The minimum atomic E-state index is -0.160. The number of hydrogen-bond donors (Lipinski definition) is 0. The fraction of sp³-hybridized carbons (Fsp3) is 0.278. The summed E-state index contributed by atoms with van der Waals surface area (Å²) in [5.41, 5.74) is 2.39. The van der Waals surface area contributed by atoms with Crippen LogP contribution in [0.4, 0.5) is 0 Å². The molecule has 0 aliphatic carbocycles. The molecule has 21 heavy (non-hydrogen) atoms. The number of ether oxygens (including phenoxy) is 1. The maximum Gasteiger partial charge on any atom is 0.319 e. The van der Waals surface area contributed by atoms with Crippen molar-refractivity contribution in [2.24, 2.45) is 0 Å². The largest absolute Gasteiger partial charge is 0.465 e. The van der Waals surface area contributed by atoms with Gasteiger partial charge in [0.2, 0.25) is 0 Å². The van der Waals surface area contributed by atoms with Gasteiger partial charge in [-0.15, -0.1) is 11.8 Å². The fourth-order valence-electron chi connectivity index (χ4n) is 2.04. The smallest absolute Gasteiger partial charge is 0.319 e. The Labute approximate surface area is 130 Å². The standard InChI is InChI=1S/C18H20O2S/c1-2-20-18(19)17(13-15-9-5-3-6-10-15)21-14-16-11-7-4-8-12-16/h3-12,17H,2,13-14H2,1H3. The van der Waals surface area contributed by atoms with Crippen LogP contribution in [-0.4, -0.2) is 17.8 Å². The first-order valence-electron chi connectivity index (χ1n) is 7.15. The molecule has 0 saturated carbocycles. The van der Waals surface area contributed by atoms with Gasteiger partial charge < -0.3 is 4.74 Å². The zero-order valence-corrected chi connectivity index (χ0v) is 13.0. The van der Waals surface area contributed by atoms with E-state index in [1.165, 1.54) is 5.56 Å². The quantitative estimate of drug-likeness (QED) is 0.720. The molecule has 1 atom stereocenters. The zero-order valence-electron chi connectivity index (χ0n) is 12.2. The summed E-state index contributed by atoms with van der Waals surface area (Å²) < 4.78 is 5.20. The third kappa shape index (κ3) is 5.27. The molecule has 0 heterocycles. The lowest BCUT2D eigenvalue weighted by atomic mass is 10.1. The molecule has 2 aromatic carbocycles. The summed E-state index contributed by atoms with van der Waals surface area (Å²) in [6.07, 6.45) is 0.706. The average Bonchev–Trinajstić information content (AvgIpc) is 2.53. The van der Waals surface area contributed by atoms with Crippen molar-refractivity contribution in [3.63, 3.8) is 0 Å². The number of hydrogen-bond acceptors (Lipinski definition) is 3. The second-order valence-electron chi connectivity index (χ2n) is 4.73. The Morgan fingerprint density at radius 2 is 1.57 bits per heavy atom. The number of carbonyl (C=O) groups excluding carboxylic acids is 1. The minimum Gasteiger partial charge on any atom is -0.465 e. The summed E-state index contributed by atoms with van der Waals surface area (Å²) >= 11 is 1.64. The third-order valence-corrected chi connectivity index (χ3v) is 4.37. The summed E-state index contributed by atoms with van der Waals surface area (Å²) in [5.74, 6) is 0.694. The summed E-state index contributed by atoms with van der Waals surface area (Å²) in [6.45, 7) is 2.27. The Morgan fingerprint density at radius 1 is 1.00 bits per heavy atom. The molecule has 0 aliphatic rings. The summed E-state index contributed by atoms with van der Waals surface area (Å²) in [5, 5.41) is -0.160. The van der Waals surface area contributed by atoms with E-state index in [1.807, 2.05) is 43.3 Å². The number of esters is 1. The topological polar surface area (TPSA) is 26.3 Å². The van der Waals surface area contributed by atoms with Gasteiger partial charge in [0.25, 0.3) is 0 Å². The Balaban J connectivity index is 2.00. The second kappa shape index (κ2) is 8.53. The Kier molecular flexibility index (Phi) is 6.35. The normalized spacial score (nSPS) is 11.9. The molecule has 0 N–H and O–H groups in total. The third-order valence-electron chi connectivity index (χ3n) is 3.11. The van der Waals surface area contributed by atoms with E-state index in [1.54, 1.807) is 11.8 Å². The SMILES string of the molecule is CCOC(=O)C(Cc1ccccc1)SCc1ccccc1. The van der Waals surface area contributed by atoms with Gasteiger partial charge in [0, 0.05) is 5.75 Å². The van der Waals surface area contributed by atoms with Crippen LogP contribution in [0.2, 0.25) is 0 Å². The van der Waals surface area contributed by atoms with Crippen molar-refractivity contribution in [3.05, 3.63) is 71.8 Å². The fourth-order valence-corrected chi connectivity index (χ4v) is 3.15. The molecule has 0 radical (unpaired) electrons. The highest BCUT2D eigenvalue weighted by Crippen LogP contribution is 2.22. The van der Waals surface area contributed by atoms with Crippen molar-refractivity contribution in [2.75, 3.05) is 6.61 Å². The number of thioether (sulfide) groups is 1. The van der Waals surface area contributed by atoms with Crippen LogP contribution in [0, 0.1) is 0 Å². The van der Waals surface area contributed by atoms with Gasteiger partial charge in [0.05, 0.1) is 6.61 Å². The molecular formula is C18H20O2S. The average molecular weight is 300 g/mol. The molecule has 2 nitrogen and oxygen atoms in total. The van der Waals surface area contributed by atoms with E-state index < -0.39 is 0 Å². The first kappa shape index (κ1) is 15.6. The van der Waals surface area contributed by atoms with Gasteiger partial charge in [-0.2, -0.15) is 0 Å². The maximum atomic E-state index is 12.1. The molecule has 0 amide bonds. The van der Waals surface area contributed by atoms with E-state index in [4.69, 9.17) is 4.74 Å². The maximum absolute atomic E-state index is 12.1. The van der Waals surface area contributed by atoms with Gasteiger partial charge in [0.15, 0.2) is 0 Å². The lowest BCUT2D eigenvalue weighted by Gasteiger charge is -2.15. The van der Waals surface area contributed by atoms with Gasteiger partial charge in [-0.1, -0.05) is 60.7 Å². The summed E-state index contributed by atoms with van der Waals surface area (Å²) in [4.78, 5) is 12.1. The van der Waals surface area contributed by atoms with Crippen LogP contribution in [0.15, 0.2) is 60.7 Å². The molecule has 0 spiro atoms. The van der Waals surface area contributed by atoms with E-state index in [0.717, 1.165) is 11.3 Å². The van der Waals surface area contributed by atoms with Gasteiger partial charge in [-0.25, -0.2) is 0 Å². The van der Waals surface area contributed by atoms with Crippen molar-refractivity contribution in [1.29, 1.82) is 0 Å². The molecule has 0 aliphatic heterocycles. The molecular weight excluding hydrogens is 280 g/mol. The molecule has 2 rings (SSSR count). The minimum absolute atomic E-state index is 0.123. The molecule has 3 heteroatoms. The van der Waals surface area contributed by atoms with E-state index in [-0.39, 0.29) is 11.2 Å². The van der Waals surface area contributed by atoms with E-state index in [0.29, 0.717) is 13.0 Å². The van der Waals surface area contributed by atoms with Crippen molar-refractivity contribution >= 4 is 17.7 Å². The van der Waals surface area contributed by atoms with Gasteiger partial charge in [-0.05, 0) is 24.5 Å². The monoisotopic (exact) mass is 300 g/mol. The van der Waals surface area contributed by atoms with Crippen LogP contribution in [0.3, 0.4) is 0 Å². The number of benzene rings is 2. The highest BCUT2D eigenvalue weighted by Gasteiger charge is 2.20. The van der Waals surface area contributed by atoms with Crippen molar-refractivity contribution in [2.45, 2.75) is 24.3 Å². The highest BCUT2D eigenvalue weighted by atomic mass is 32.2. The molecule has 110 valence electrons. The molecule has 0 fully saturated rings. The first-order valence-corrected chi connectivity index (χ1v) is 8.20. The van der Waals surface area contributed by atoms with Gasteiger partial charge in [-0.3, -0.25) is 4.79 Å². The Hall–Kier alpha value is -1.74. The predicted molar refractivity (Wildman–Crippen MR) is 88.3 cm³/mol. The predicted octanol–water partition coefficient (Wildman–Crippen LogP) is 4.09. The van der Waals surface area contributed by atoms with Crippen LogP contribution in [0.25, 0.3) is 0 Å². The molecule has 0 saturated heterocycles. The van der Waals surface area contributed by atoms with E-state index >= 15 is 0 Å². The lowest BCUT2D eigenvalue weighted by Crippen LogP contribution is -2.23. The van der Waals surface area contributed by atoms with Crippen molar-refractivity contribution in [3.8, 4) is 0 Å². The number of carbonyl (C=O) groups is 1. The van der Waals surface area contributed by atoms with Gasteiger partial charge >= 0.3 is 5.97 Å². The number of rotatable bonds is 7. The van der Waals surface area contributed by atoms with E-state index in [9.17, 15) is 4.79 Å². The van der Waals surface area contributed by atoms with Crippen LogP contribution in [0.1, 0.15) is 18.1 Å². The van der Waals surface area contributed by atoms with Crippen LogP contribution >= 0.6 is 11.8 Å². The molecule has 0 bridgehead atoms.